The van der Waals surface area contributed by atoms with Gasteiger partial charge in [0.2, 0.25) is 5.82 Å². The molecule has 0 radical (unpaired) electrons. The number of halogens is 3. The maximum atomic E-state index is 14.3. The molecule has 2 aromatic heterocycles. The van der Waals surface area contributed by atoms with E-state index in [-0.39, 0.29) is 48.6 Å². The Morgan fingerprint density at radius 3 is 2.74 bits per heavy atom. The Labute approximate surface area is 217 Å². The van der Waals surface area contributed by atoms with Gasteiger partial charge in [0, 0.05) is 44.3 Å². The van der Waals surface area contributed by atoms with Crippen molar-refractivity contribution in [2.45, 2.75) is 58.2 Å². The minimum Gasteiger partial charge on any atom is -0.385 e. The summed E-state index contributed by atoms with van der Waals surface area (Å²) in [5.41, 5.74) is 1.72. The summed E-state index contributed by atoms with van der Waals surface area (Å²) in [5, 5.41) is 18.7. The molecule has 1 aromatic carbocycles. The van der Waals surface area contributed by atoms with Crippen molar-refractivity contribution in [3.63, 3.8) is 0 Å². The number of carbonyl (C=O) groups is 1. The van der Waals surface area contributed by atoms with Gasteiger partial charge in [0.25, 0.3) is 5.91 Å². The van der Waals surface area contributed by atoms with Crippen LogP contribution in [-0.4, -0.2) is 74.9 Å². The number of rotatable bonds is 9. The highest BCUT2D eigenvalue weighted by Gasteiger charge is 2.34. The zero-order valence-corrected chi connectivity index (χ0v) is 21.9. The Morgan fingerprint density at radius 1 is 1.31 bits per heavy atom. The standard InChI is InChI=1S/C23H32FN7O2.2ClH/c1-15(2)31(17-7-6-10-25-14-17)23(32)21-20(22-26-28-29-27-22)18-9-8-16(24)13-19(18)30(21)11-4-5-12-33-3;;/h8-9,13,15,17,25H,4-7,10-12,14H2,1-3H3,(H,26,27,28,29);2*1H/t17-;;/m1../s1. The summed E-state index contributed by atoms with van der Waals surface area (Å²) in [6.45, 7) is 6.96. The van der Waals surface area contributed by atoms with Crippen LogP contribution in [0.3, 0.4) is 0 Å². The molecule has 1 atom stereocenters. The minimum absolute atomic E-state index is 0. The van der Waals surface area contributed by atoms with Gasteiger partial charge in [-0.25, -0.2) is 4.39 Å². The van der Waals surface area contributed by atoms with Crippen molar-refractivity contribution in [2.24, 2.45) is 0 Å². The van der Waals surface area contributed by atoms with Crippen LogP contribution >= 0.6 is 24.8 Å². The summed E-state index contributed by atoms with van der Waals surface area (Å²) in [6, 6.07) is 4.66. The molecule has 1 aliphatic heterocycles. The van der Waals surface area contributed by atoms with Crippen LogP contribution in [0.5, 0.6) is 0 Å². The lowest BCUT2D eigenvalue weighted by Gasteiger charge is -2.38. The Balaban J connectivity index is 0.00000216. The summed E-state index contributed by atoms with van der Waals surface area (Å²) >= 11 is 0. The first-order chi connectivity index (χ1) is 16.0. The molecule has 1 amide bonds. The zero-order valence-electron chi connectivity index (χ0n) is 20.3. The predicted octanol–water partition coefficient (Wildman–Crippen LogP) is 3.83. The molecule has 1 aliphatic rings. The number of ether oxygens (including phenoxy) is 1. The number of nitrogens with one attached hydrogen (secondary N) is 2. The second kappa shape index (κ2) is 13.2. The van der Waals surface area contributed by atoms with Crippen molar-refractivity contribution in [1.29, 1.82) is 0 Å². The first-order valence-corrected chi connectivity index (χ1v) is 11.6. The molecule has 3 heterocycles. The van der Waals surface area contributed by atoms with Gasteiger partial charge >= 0.3 is 0 Å². The molecule has 4 rings (SSSR count). The SMILES string of the molecule is COCCCCn1c(C(=O)N(C(C)C)[C@@H]2CCCNC2)c(-c2nn[nH]n2)c2ccc(F)cc21.Cl.Cl. The Kier molecular flexibility index (Phi) is 10.9. The number of methoxy groups -OCH3 is 1. The maximum absolute atomic E-state index is 14.3. The first kappa shape index (κ1) is 29.0. The zero-order chi connectivity index (χ0) is 23.4. The quantitative estimate of drug-likeness (QED) is 0.408. The molecule has 35 heavy (non-hydrogen) atoms. The van der Waals surface area contributed by atoms with E-state index in [9.17, 15) is 9.18 Å². The molecule has 0 aliphatic carbocycles. The molecule has 1 saturated heterocycles. The molecule has 0 spiro atoms. The van der Waals surface area contributed by atoms with Crippen LogP contribution in [0.4, 0.5) is 4.39 Å². The fraction of sp³-hybridized carbons (Fsp3) is 0.565. The number of H-pyrrole nitrogens is 1. The largest absolute Gasteiger partial charge is 0.385 e. The van der Waals surface area contributed by atoms with Gasteiger partial charge in [0.05, 0.1) is 11.1 Å². The average molecular weight is 530 g/mol. The number of hydrogen-bond donors (Lipinski definition) is 2. The maximum Gasteiger partial charge on any atom is 0.271 e. The Hall–Kier alpha value is -2.27. The number of nitrogens with zero attached hydrogens (tertiary/aromatic N) is 5. The van der Waals surface area contributed by atoms with Gasteiger partial charge in [-0.05, 0) is 69.5 Å². The number of fused-ring (bicyclic) bond motifs is 1. The molecule has 9 nitrogen and oxygen atoms in total. The van der Waals surface area contributed by atoms with Gasteiger partial charge in [-0.1, -0.05) is 0 Å². The number of aryl methyl sites for hydroxylation is 1. The summed E-state index contributed by atoms with van der Waals surface area (Å²) in [4.78, 5) is 16.2. The van der Waals surface area contributed by atoms with E-state index in [4.69, 9.17) is 4.74 Å². The van der Waals surface area contributed by atoms with Gasteiger partial charge in [0.1, 0.15) is 11.5 Å². The summed E-state index contributed by atoms with van der Waals surface area (Å²) in [6.07, 6.45) is 3.57. The van der Waals surface area contributed by atoms with Crippen molar-refractivity contribution in [1.82, 2.24) is 35.4 Å². The van der Waals surface area contributed by atoms with Gasteiger partial charge in [-0.15, -0.1) is 35.0 Å². The number of benzene rings is 1. The first-order valence-electron chi connectivity index (χ1n) is 11.6. The van der Waals surface area contributed by atoms with Crippen molar-refractivity contribution < 1.29 is 13.9 Å². The van der Waals surface area contributed by atoms with Crippen LogP contribution in [0.15, 0.2) is 18.2 Å². The molecule has 3 aromatic rings. The van der Waals surface area contributed by atoms with Crippen LogP contribution < -0.4 is 5.32 Å². The van der Waals surface area contributed by atoms with Crippen molar-refractivity contribution in [3.8, 4) is 11.4 Å². The van der Waals surface area contributed by atoms with Crippen molar-refractivity contribution >= 4 is 41.6 Å². The van der Waals surface area contributed by atoms with Crippen LogP contribution in [0.2, 0.25) is 0 Å². The number of unbranched alkanes of at least 4 members (excludes halogenated alkanes) is 1. The van der Waals surface area contributed by atoms with Crippen LogP contribution in [0.1, 0.15) is 50.0 Å². The van der Waals surface area contributed by atoms with E-state index in [0.29, 0.717) is 35.8 Å². The molecule has 0 unspecified atom stereocenters. The lowest BCUT2D eigenvalue weighted by Crippen LogP contribution is -2.52. The van der Waals surface area contributed by atoms with E-state index >= 15 is 0 Å². The van der Waals surface area contributed by atoms with E-state index in [2.05, 4.69) is 25.9 Å². The third-order valence-corrected chi connectivity index (χ3v) is 6.23. The smallest absolute Gasteiger partial charge is 0.271 e. The highest BCUT2D eigenvalue weighted by atomic mass is 35.5. The number of carbonyl (C=O) groups excluding carboxylic acids is 1. The molecule has 2 N–H and O–H groups in total. The van der Waals surface area contributed by atoms with E-state index < -0.39 is 0 Å². The molecule has 0 saturated carbocycles. The summed E-state index contributed by atoms with van der Waals surface area (Å²) < 4.78 is 21.5. The van der Waals surface area contributed by atoms with E-state index in [1.165, 1.54) is 12.1 Å². The lowest BCUT2D eigenvalue weighted by molar-refractivity contribution is 0.0563. The highest BCUT2D eigenvalue weighted by molar-refractivity contribution is 6.09. The van der Waals surface area contributed by atoms with E-state index in [1.807, 2.05) is 23.3 Å². The fourth-order valence-corrected chi connectivity index (χ4v) is 4.80. The van der Waals surface area contributed by atoms with E-state index in [0.717, 1.165) is 44.2 Å². The van der Waals surface area contributed by atoms with Crippen molar-refractivity contribution in [3.05, 3.63) is 29.7 Å². The Morgan fingerprint density at radius 2 is 2.11 bits per heavy atom. The fourth-order valence-electron chi connectivity index (χ4n) is 4.80. The van der Waals surface area contributed by atoms with Gasteiger partial charge in [-0.2, -0.15) is 5.21 Å². The predicted molar refractivity (Wildman–Crippen MR) is 138 cm³/mol. The van der Waals surface area contributed by atoms with Crippen LogP contribution in [-0.2, 0) is 11.3 Å². The molecular formula is C23H34Cl2FN7O2. The minimum atomic E-state index is -0.353. The number of aromatic amines is 1. The van der Waals surface area contributed by atoms with Gasteiger partial charge < -0.3 is 19.5 Å². The molecular weight excluding hydrogens is 496 g/mol. The molecule has 1 fully saturated rings. The van der Waals surface area contributed by atoms with E-state index in [1.54, 1.807) is 13.2 Å². The molecule has 12 heteroatoms. The van der Waals surface area contributed by atoms with Crippen LogP contribution in [0, 0.1) is 5.82 Å². The summed E-state index contributed by atoms with van der Waals surface area (Å²) in [5.74, 6) is -0.119. The Bertz CT molecular complexity index is 1090. The number of tetrazole rings is 1. The second-order valence-electron chi connectivity index (χ2n) is 8.78. The lowest BCUT2D eigenvalue weighted by atomic mass is 10.0. The van der Waals surface area contributed by atoms with Crippen LogP contribution in [0.25, 0.3) is 22.3 Å². The number of hydrogen-bond acceptors (Lipinski definition) is 6. The normalized spacial score (nSPS) is 15.6. The van der Waals surface area contributed by atoms with Gasteiger partial charge in [0.15, 0.2) is 0 Å². The van der Waals surface area contributed by atoms with Crippen molar-refractivity contribution in [2.75, 3.05) is 26.8 Å². The third-order valence-electron chi connectivity index (χ3n) is 6.23. The molecule has 0 bridgehead atoms. The average Bonchev–Trinajstić information content (AvgIpc) is 3.43. The number of amides is 1. The highest BCUT2D eigenvalue weighted by Crippen LogP contribution is 2.35. The number of piperidine rings is 1. The van der Waals surface area contributed by atoms with Gasteiger partial charge in [-0.3, -0.25) is 4.79 Å². The topological polar surface area (TPSA) is 101 Å². The molecule has 194 valence electrons. The second-order valence-corrected chi connectivity index (χ2v) is 8.78. The monoisotopic (exact) mass is 529 g/mol. The summed E-state index contributed by atoms with van der Waals surface area (Å²) in [7, 11) is 1.67. The number of aromatic nitrogens is 5. The third kappa shape index (κ3) is 6.11.